The Bertz CT molecular complexity index is 710. The predicted octanol–water partition coefficient (Wildman–Crippen LogP) is 4.67. The molecule has 2 aromatic carbocycles. The molecule has 0 aliphatic rings. The molecule has 0 atom stereocenters. The van der Waals surface area contributed by atoms with E-state index in [0.29, 0.717) is 5.75 Å². The first-order valence-corrected chi connectivity index (χ1v) is 6.59. The van der Waals surface area contributed by atoms with Gasteiger partial charge in [0.15, 0.2) is 6.61 Å². The first-order chi connectivity index (χ1) is 11.3. The molecule has 0 bridgehead atoms. The number of hydrogen-bond acceptors (Lipinski definition) is 4. The fourth-order valence-electron chi connectivity index (χ4n) is 1.67. The Kier molecular flexibility index (Phi) is 5.22. The van der Waals surface area contributed by atoms with Crippen LogP contribution >= 0.6 is 0 Å². The van der Waals surface area contributed by atoms with Crippen LogP contribution in [-0.4, -0.2) is 23.9 Å². The van der Waals surface area contributed by atoms with Gasteiger partial charge in [-0.25, -0.2) is 8.78 Å². The number of nitro groups is 1. The normalized spacial score (nSPS) is 11.4. The van der Waals surface area contributed by atoms with Crippen LogP contribution in [0.5, 0.6) is 17.2 Å². The number of nitrogens with zero attached hydrogens (tertiary/aromatic N) is 1. The Labute approximate surface area is 133 Å². The molecular formula is C15H11F4NO4. The second-order valence-corrected chi connectivity index (χ2v) is 4.69. The molecule has 0 aliphatic heterocycles. The highest BCUT2D eigenvalue weighted by Gasteiger charge is 2.41. The summed E-state index contributed by atoms with van der Waals surface area (Å²) in [6.07, 6.45) is -3.91. The molecule has 24 heavy (non-hydrogen) atoms. The molecule has 0 saturated heterocycles. The zero-order chi connectivity index (χ0) is 17.7. The molecule has 2 rings (SSSR count). The quantitative estimate of drug-likeness (QED) is 0.416. The maximum Gasteiger partial charge on any atom is 0.340 e. The zero-order valence-corrected chi connectivity index (χ0v) is 12.0. The Morgan fingerprint density at radius 2 is 1.67 bits per heavy atom. The van der Waals surface area contributed by atoms with Crippen molar-refractivity contribution in [3.8, 4) is 17.2 Å². The second kappa shape index (κ2) is 7.16. The van der Waals surface area contributed by atoms with Crippen molar-refractivity contribution in [1.29, 1.82) is 0 Å². The number of benzene rings is 2. The van der Waals surface area contributed by atoms with Crippen molar-refractivity contribution in [3.05, 3.63) is 58.6 Å². The minimum absolute atomic E-state index is 0.0502. The predicted molar refractivity (Wildman–Crippen MR) is 76.1 cm³/mol. The van der Waals surface area contributed by atoms with Crippen LogP contribution in [0.4, 0.5) is 23.2 Å². The van der Waals surface area contributed by atoms with Crippen molar-refractivity contribution in [3.63, 3.8) is 0 Å². The van der Waals surface area contributed by atoms with Gasteiger partial charge in [0, 0.05) is 6.07 Å². The van der Waals surface area contributed by atoms with Crippen LogP contribution in [-0.2, 0) is 0 Å². The molecular weight excluding hydrogens is 334 g/mol. The molecule has 0 fully saturated rings. The van der Waals surface area contributed by atoms with Gasteiger partial charge in [0.25, 0.3) is 5.69 Å². The lowest BCUT2D eigenvalue weighted by Crippen LogP contribution is -2.33. The lowest BCUT2D eigenvalue weighted by Gasteiger charge is -2.16. The molecule has 5 nitrogen and oxygen atoms in total. The third-order valence-electron chi connectivity index (χ3n) is 2.81. The van der Waals surface area contributed by atoms with Crippen LogP contribution in [0.25, 0.3) is 0 Å². The molecule has 0 aliphatic carbocycles. The van der Waals surface area contributed by atoms with Crippen molar-refractivity contribution in [1.82, 2.24) is 0 Å². The van der Waals surface area contributed by atoms with Crippen molar-refractivity contribution in [2.24, 2.45) is 0 Å². The van der Waals surface area contributed by atoms with Crippen molar-refractivity contribution >= 4 is 5.69 Å². The first kappa shape index (κ1) is 17.5. The van der Waals surface area contributed by atoms with Crippen LogP contribution in [0.1, 0.15) is 0 Å². The fourth-order valence-corrected chi connectivity index (χ4v) is 1.67. The fraction of sp³-hybridized carbons (Fsp3) is 0.200. The van der Waals surface area contributed by atoms with Gasteiger partial charge in [-0.15, -0.1) is 0 Å². The van der Waals surface area contributed by atoms with E-state index in [-0.39, 0.29) is 11.5 Å². The molecule has 0 aromatic heterocycles. The number of non-ortho nitro benzene ring substituents is 1. The molecule has 0 amide bonds. The maximum atomic E-state index is 12.9. The van der Waals surface area contributed by atoms with Gasteiger partial charge >= 0.3 is 12.3 Å². The summed E-state index contributed by atoms with van der Waals surface area (Å²) in [5.41, 5.74) is -0.487. The van der Waals surface area contributed by atoms with Crippen LogP contribution in [0.2, 0.25) is 0 Å². The van der Waals surface area contributed by atoms with E-state index in [1.807, 2.05) is 0 Å². The van der Waals surface area contributed by atoms with E-state index in [0.717, 1.165) is 18.2 Å². The molecule has 0 unspecified atom stereocenters. The lowest BCUT2D eigenvalue weighted by molar-refractivity contribution is -0.385. The van der Waals surface area contributed by atoms with E-state index < -0.39 is 29.6 Å². The summed E-state index contributed by atoms with van der Waals surface area (Å²) in [5.74, 6) is -4.45. The Morgan fingerprint density at radius 3 is 2.25 bits per heavy atom. The van der Waals surface area contributed by atoms with Crippen LogP contribution in [0, 0.1) is 10.1 Å². The third-order valence-corrected chi connectivity index (χ3v) is 2.81. The summed E-state index contributed by atoms with van der Waals surface area (Å²) < 4.78 is 60.0. The molecule has 2 aromatic rings. The van der Waals surface area contributed by atoms with Gasteiger partial charge in [-0.2, -0.15) is 8.78 Å². The lowest BCUT2D eigenvalue weighted by atomic mass is 10.2. The first-order valence-electron chi connectivity index (χ1n) is 6.59. The molecule has 9 heteroatoms. The maximum absolute atomic E-state index is 12.9. The van der Waals surface area contributed by atoms with E-state index in [1.54, 1.807) is 30.3 Å². The van der Waals surface area contributed by atoms with Crippen LogP contribution in [0.15, 0.2) is 48.5 Å². The Morgan fingerprint density at radius 1 is 1.04 bits per heavy atom. The summed E-state index contributed by atoms with van der Waals surface area (Å²) in [5, 5.41) is 10.9. The highest BCUT2D eigenvalue weighted by atomic mass is 19.3. The highest BCUT2D eigenvalue weighted by Crippen LogP contribution is 2.32. The summed E-state index contributed by atoms with van der Waals surface area (Å²) in [6.45, 7) is -1.61. The largest absolute Gasteiger partial charge is 0.487 e. The van der Waals surface area contributed by atoms with Gasteiger partial charge in [0.2, 0.25) is 0 Å². The minimum Gasteiger partial charge on any atom is -0.487 e. The topological polar surface area (TPSA) is 61.6 Å². The van der Waals surface area contributed by atoms with Crippen molar-refractivity contribution in [2.45, 2.75) is 12.3 Å². The summed E-state index contributed by atoms with van der Waals surface area (Å²) in [6, 6.07) is 11.2. The molecule has 0 heterocycles. The Balaban J connectivity index is 2.23. The van der Waals surface area contributed by atoms with Crippen LogP contribution in [0.3, 0.4) is 0 Å². The van der Waals surface area contributed by atoms with E-state index >= 15 is 0 Å². The summed E-state index contributed by atoms with van der Waals surface area (Å²) in [7, 11) is 0. The highest BCUT2D eigenvalue weighted by molar-refractivity contribution is 5.47. The average Bonchev–Trinajstić information content (AvgIpc) is 2.53. The zero-order valence-electron chi connectivity index (χ0n) is 12.0. The summed E-state index contributed by atoms with van der Waals surface area (Å²) in [4.78, 5) is 10.1. The van der Waals surface area contributed by atoms with Crippen molar-refractivity contribution in [2.75, 3.05) is 6.61 Å². The third kappa shape index (κ3) is 4.58. The Hall–Kier alpha value is -2.84. The van der Waals surface area contributed by atoms with Gasteiger partial charge in [0.05, 0.1) is 17.1 Å². The van der Waals surface area contributed by atoms with Gasteiger partial charge in [-0.05, 0) is 12.1 Å². The molecule has 0 spiro atoms. The monoisotopic (exact) mass is 345 g/mol. The number of halogens is 4. The number of para-hydroxylation sites is 1. The minimum atomic E-state index is -4.37. The number of nitro benzene ring substituents is 1. The van der Waals surface area contributed by atoms with Crippen LogP contribution < -0.4 is 9.47 Å². The number of ether oxygens (including phenoxy) is 2. The van der Waals surface area contributed by atoms with Gasteiger partial charge in [0.1, 0.15) is 17.2 Å². The van der Waals surface area contributed by atoms with Gasteiger partial charge < -0.3 is 9.47 Å². The number of rotatable bonds is 7. The number of hydrogen-bond donors (Lipinski definition) is 0. The van der Waals surface area contributed by atoms with Crippen molar-refractivity contribution < 1.29 is 32.0 Å². The standard InChI is InChI=1S/C15H11F4NO4/c16-14(17)15(18,19)9-23-12-6-10(20(21)22)7-13(8-12)24-11-4-2-1-3-5-11/h1-8,14H,9H2. The molecule has 128 valence electrons. The number of alkyl halides is 4. The smallest absolute Gasteiger partial charge is 0.340 e. The SMILES string of the molecule is O=[N+]([O-])c1cc(OCC(F)(F)C(F)F)cc(Oc2ccccc2)c1. The van der Waals surface area contributed by atoms with Gasteiger partial charge in [-0.3, -0.25) is 10.1 Å². The molecule has 0 saturated carbocycles. The summed E-state index contributed by atoms with van der Waals surface area (Å²) >= 11 is 0. The second-order valence-electron chi connectivity index (χ2n) is 4.69. The van der Waals surface area contributed by atoms with Gasteiger partial charge in [-0.1, -0.05) is 18.2 Å². The van der Waals surface area contributed by atoms with E-state index in [2.05, 4.69) is 4.74 Å². The van der Waals surface area contributed by atoms with E-state index in [9.17, 15) is 27.7 Å². The van der Waals surface area contributed by atoms with E-state index in [1.165, 1.54) is 0 Å². The average molecular weight is 345 g/mol. The van der Waals surface area contributed by atoms with E-state index in [4.69, 9.17) is 4.74 Å². The molecule has 0 radical (unpaired) electrons. The molecule has 0 N–H and O–H groups in total.